The number of nitrogens with zero attached hydrogens (tertiary/aromatic N) is 1. The number of aromatic amines is 1. The summed E-state index contributed by atoms with van der Waals surface area (Å²) in [5.74, 6) is -1.50. The number of carbonyl (C=O) groups is 2. The smallest absolute Gasteiger partial charge is 0.326 e. The van der Waals surface area contributed by atoms with Crippen LogP contribution in [0.15, 0.2) is 46.9 Å². The zero-order valence-corrected chi connectivity index (χ0v) is 18.5. The van der Waals surface area contributed by atoms with Crippen molar-refractivity contribution in [1.29, 1.82) is 0 Å². The van der Waals surface area contributed by atoms with Gasteiger partial charge in [0.25, 0.3) is 0 Å². The van der Waals surface area contributed by atoms with Gasteiger partial charge in [0.15, 0.2) is 0 Å². The number of hydrogen-bond donors (Lipinski definition) is 3. The van der Waals surface area contributed by atoms with Gasteiger partial charge in [-0.05, 0) is 49.1 Å². The lowest BCUT2D eigenvalue weighted by Crippen LogP contribution is -2.41. The SMILES string of the molecule is C/C(Br)=C\CC/C(C)=C/CC(C)(C)/C=C/C(=O)N[C@@H](Cc1cnc[nH]1)C(=O)O. The second-order valence-electron chi connectivity index (χ2n) is 7.59. The van der Waals surface area contributed by atoms with Crippen LogP contribution in [0.5, 0.6) is 0 Å². The number of amides is 1. The van der Waals surface area contributed by atoms with E-state index in [0.29, 0.717) is 5.69 Å². The number of aliphatic carboxylic acids is 1. The zero-order chi connectivity index (χ0) is 21.2. The maximum Gasteiger partial charge on any atom is 0.326 e. The summed E-state index contributed by atoms with van der Waals surface area (Å²) in [5, 5.41) is 11.8. The highest BCUT2D eigenvalue weighted by molar-refractivity contribution is 9.11. The molecule has 0 aliphatic rings. The number of rotatable bonds is 11. The van der Waals surface area contributed by atoms with Gasteiger partial charge < -0.3 is 15.4 Å². The highest BCUT2D eigenvalue weighted by Gasteiger charge is 2.20. The maximum absolute atomic E-state index is 12.2. The van der Waals surface area contributed by atoms with Crippen LogP contribution in [0.2, 0.25) is 0 Å². The van der Waals surface area contributed by atoms with Crippen LogP contribution in [0.3, 0.4) is 0 Å². The second-order valence-corrected chi connectivity index (χ2v) is 8.84. The van der Waals surface area contributed by atoms with Crippen molar-refractivity contribution < 1.29 is 14.7 Å². The molecule has 1 aromatic rings. The van der Waals surface area contributed by atoms with Gasteiger partial charge in [-0.3, -0.25) is 4.79 Å². The van der Waals surface area contributed by atoms with Crippen molar-refractivity contribution in [2.45, 2.75) is 59.4 Å². The van der Waals surface area contributed by atoms with E-state index in [9.17, 15) is 14.7 Å². The molecule has 7 heteroatoms. The molecule has 0 saturated heterocycles. The molecule has 3 N–H and O–H groups in total. The normalized spacial score (nSPS) is 14.3. The van der Waals surface area contributed by atoms with Crippen molar-refractivity contribution in [2.75, 3.05) is 0 Å². The fourth-order valence-electron chi connectivity index (χ4n) is 2.44. The Labute approximate surface area is 175 Å². The lowest BCUT2D eigenvalue weighted by Gasteiger charge is -2.19. The molecule has 0 aliphatic carbocycles. The Bertz CT molecular complexity index is 730. The van der Waals surface area contributed by atoms with Crippen molar-refractivity contribution in [3.63, 3.8) is 0 Å². The van der Waals surface area contributed by atoms with E-state index < -0.39 is 17.9 Å². The third kappa shape index (κ3) is 10.3. The lowest BCUT2D eigenvalue weighted by molar-refractivity contribution is -0.141. The van der Waals surface area contributed by atoms with E-state index in [1.54, 1.807) is 6.20 Å². The number of nitrogens with one attached hydrogen (secondary N) is 2. The van der Waals surface area contributed by atoms with E-state index >= 15 is 0 Å². The first kappa shape index (κ1) is 23.9. The standard InChI is InChI=1S/C21H30BrN3O3/c1-15(6-5-7-16(2)22)8-10-21(3,4)11-9-19(26)25-18(20(27)28)12-17-13-23-14-24-17/h7-9,11,13-14,18H,5-6,10,12H2,1-4H3,(H,23,24)(H,25,26)(H,27,28)/b11-9+,15-8+,16-7+/t18-/m0/s1. The van der Waals surface area contributed by atoms with Crippen LogP contribution in [0, 0.1) is 5.41 Å². The van der Waals surface area contributed by atoms with Crippen molar-refractivity contribution in [2.24, 2.45) is 5.41 Å². The summed E-state index contributed by atoms with van der Waals surface area (Å²) in [6.07, 6.45) is 13.6. The Hall–Kier alpha value is -2.15. The minimum atomic E-state index is -1.08. The third-order valence-electron chi connectivity index (χ3n) is 4.22. The summed E-state index contributed by atoms with van der Waals surface area (Å²) in [6, 6.07) is -1.01. The fourth-order valence-corrected chi connectivity index (χ4v) is 2.67. The Morgan fingerprint density at radius 2 is 2.07 bits per heavy atom. The molecule has 1 rings (SSSR count). The maximum atomic E-state index is 12.2. The lowest BCUT2D eigenvalue weighted by atomic mass is 9.87. The first-order valence-corrected chi connectivity index (χ1v) is 10.1. The second kappa shape index (κ2) is 11.6. The average molecular weight is 452 g/mol. The van der Waals surface area contributed by atoms with Gasteiger partial charge in [0.1, 0.15) is 6.04 Å². The van der Waals surface area contributed by atoms with Crippen LogP contribution < -0.4 is 5.32 Å². The van der Waals surface area contributed by atoms with E-state index in [0.717, 1.165) is 23.7 Å². The number of imidazole rings is 1. The first-order chi connectivity index (χ1) is 13.1. The van der Waals surface area contributed by atoms with Crippen molar-refractivity contribution >= 4 is 27.8 Å². The van der Waals surface area contributed by atoms with E-state index in [-0.39, 0.29) is 11.8 Å². The van der Waals surface area contributed by atoms with Gasteiger partial charge in [0.05, 0.1) is 6.33 Å². The summed E-state index contributed by atoms with van der Waals surface area (Å²) in [5.41, 5.74) is 1.76. The largest absolute Gasteiger partial charge is 0.480 e. The highest BCUT2D eigenvalue weighted by Crippen LogP contribution is 2.24. The number of H-pyrrole nitrogens is 1. The molecule has 154 valence electrons. The molecule has 6 nitrogen and oxygen atoms in total. The van der Waals surface area contributed by atoms with E-state index in [1.165, 1.54) is 18.0 Å². The minimum Gasteiger partial charge on any atom is -0.480 e. The van der Waals surface area contributed by atoms with Gasteiger partial charge in [-0.15, -0.1) is 0 Å². The molecule has 1 amide bonds. The number of halogens is 1. The van der Waals surface area contributed by atoms with Gasteiger partial charge in [0.2, 0.25) is 5.91 Å². The van der Waals surface area contributed by atoms with Crippen LogP contribution in [-0.4, -0.2) is 33.0 Å². The van der Waals surface area contributed by atoms with Crippen LogP contribution >= 0.6 is 15.9 Å². The molecular formula is C21H30BrN3O3. The summed E-state index contributed by atoms with van der Waals surface area (Å²) < 4.78 is 1.14. The molecule has 1 heterocycles. The van der Waals surface area contributed by atoms with Gasteiger partial charge in [-0.2, -0.15) is 0 Å². The zero-order valence-electron chi connectivity index (χ0n) is 17.0. The number of carboxylic acids is 1. The van der Waals surface area contributed by atoms with E-state index in [1.807, 2.05) is 26.8 Å². The summed E-state index contributed by atoms with van der Waals surface area (Å²) >= 11 is 3.42. The molecular weight excluding hydrogens is 422 g/mol. The number of carbonyl (C=O) groups excluding carboxylic acids is 1. The molecule has 0 aromatic carbocycles. The van der Waals surface area contributed by atoms with E-state index in [2.05, 4.69) is 50.3 Å². The van der Waals surface area contributed by atoms with Gasteiger partial charge in [0, 0.05) is 18.3 Å². The van der Waals surface area contributed by atoms with Crippen LogP contribution in [0.1, 0.15) is 52.7 Å². The molecule has 0 radical (unpaired) electrons. The van der Waals surface area contributed by atoms with Crippen molar-refractivity contribution in [3.05, 3.63) is 52.6 Å². The highest BCUT2D eigenvalue weighted by atomic mass is 79.9. The number of carboxylic acid groups (broad SMARTS) is 1. The summed E-state index contributed by atoms with van der Waals surface area (Å²) in [4.78, 5) is 30.2. The Kier molecular flexibility index (Phi) is 9.93. The molecule has 1 aromatic heterocycles. The summed E-state index contributed by atoms with van der Waals surface area (Å²) in [7, 11) is 0. The van der Waals surface area contributed by atoms with Crippen molar-refractivity contribution in [3.8, 4) is 0 Å². The quantitative estimate of drug-likeness (QED) is 0.340. The van der Waals surface area contributed by atoms with Gasteiger partial charge in [-0.1, -0.05) is 53.6 Å². The molecule has 0 aliphatic heterocycles. The molecule has 0 spiro atoms. The molecule has 28 heavy (non-hydrogen) atoms. The Balaban J connectivity index is 2.57. The van der Waals surface area contributed by atoms with Crippen LogP contribution in [-0.2, 0) is 16.0 Å². The third-order valence-corrected chi connectivity index (χ3v) is 4.54. The predicted molar refractivity (Wildman–Crippen MR) is 115 cm³/mol. The average Bonchev–Trinajstić information content (AvgIpc) is 3.10. The number of allylic oxidation sites excluding steroid dienone is 5. The van der Waals surface area contributed by atoms with Crippen LogP contribution in [0.4, 0.5) is 0 Å². The fraction of sp³-hybridized carbons (Fsp3) is 0.476. The first-order valence-electron chi connectivity index (χ1n) is 9.27. The van der Waals surface area contributed by atoms with Crippen molar-refractivity contribution in [1.82, 2.24) is 15.3 Å². The molecule has 1 atom stereocenters. The minimum absolute atomic E-state index is 0.155. The van der Waals surface area contributed by atoms with Gasteiger partial charge in [-0.25, -0.2) is 9.78 Å². The molecule has 0 fully saturated rings. The number of aromatic nitrogens is 2. The summed E-state index contributed by atoms with van der Waals surface area (Å²) in [6.45, 7) is 8.21. The van der Waals surface area contributed by atoms with Gasteiger partial charge >= 0.3 is 5.97 Å². The molecule has 0 bridgehead atoms. The Morgan fingerprint density at radius 3 is 2.64 bits per heavy atom. The monoisotopic (exact) mass is 451 g/mol. The number of hydrogen-bond acceptors (Lipinski definition) is 3. The Morgan fingerprint density at radius 1 is 1.36 bits per heavy atom. The topological polar surface area (TPSA) is 95.1 Å². The molecule has 0 unspecified atom stereocenters. The molecule has 0 saturated carbocycles. The van der Waals surface area contributed by atoms with Crippen LogP contribution in [0.25, 0.3) is 0 Å². The van der Waals surface area contributed by atoms with E-state index in [4.69, 9.17) is 0 Å². The predicted octanol–water partition coefficient (Wildman–Crippen LogP) is 4.52.